The topological polar surface area (TPSA) is 110 Å². The minimum absolute atomic E-state index is 0.0853. The van der Waals surface area contributed by atoms with Crippen LogP contribution in [0.5, 0.6) is 17.2 Å². The van der Waals surface area contributed by atoms with Crippen LogP contribution in [-0.4, -0.2) is 32.1 Å². The van der Waals surface area contributed by atoms with Gasteiger partial charge in [-0.15, -0.1) is 0 Å². The summed E-state index contributed by atoms with van der Waals surface area (Å²) in [4.78, 5) is 25.0. The van der Waals surface area contributed by atoms with E-state index in [1.807, 2.05) is 44.2 Å². The van der Waals surface area contributed by atoms with Crippen molar-refractivity contribution < 1.29 is 23.8 Å². The molecule has 0 aliphatic rings. The number of ether oxygens (including phenoxy) is 3. The maximum absolute atomic E-state index is 12.7. The van der Waals surface area contributed by atoms with E-state index in [0.717, 1.165) is 5.56 Å². The van der Waals surface area contributed by atoms with Crippen molar-refractivity contribution >= 4 is 51.9 Å². The summed E-state index contributed by atoms with van der Waals surface area (Å²) in [6, 6.07) is 19.6. The number of nitrogens with one attached hydrogen (secondary N) is 2. The van der Waals surface area contributed by atoms with Crippen molar-refractivity contribution in [2.24, 2.45) is 0 Å². The fourth-order valence-corrected chi connectivity index (χ4v) is 4.03. The first-order valence-electron chi connectivity index (χ1n) is 11.4. The summed E-state index contributed by atoms with van der Waals surface area (Å²) in [5, 5.41) is 15.1. The van der Waals surface area contributed by atoms with Gasteiger partial charge < -0.3 is 24.8 Å². The summed E-state index contributed by atoms with van der Waals surface area (Å²) in [5.41, 5.74) is 2.79. The molecule has 0 aliphatic heterocycles. The number of hydrogen-bond acceptors (Lipinski definition) is 6. The van der Waals surface area contributed by atoms with Gasteiger partial charge in [-0.25, -0.2) is 0 Å². The van der Waals surface area contributed by atoms with E-state index >= 15 is 0 Å². The lowest BCUT2D eigenvalue weighted by molar-refractivity contribution is -0.118. The lowest BCUT2D eigenvalue weighted by Crippen LogP contribution is -2.20. The van der Waals surface area contributed by atoms with Gasteiger partial charge >= 0.3 is 0 Å². The Morgan fingerprint density at radius 1 is 1.00 bits per heavy atom. The van der Waals surface area contributed by atoms with E-state index in [1.54, 1.807) is 36.4 Å². The number of aryl methyl sites for hydroxylation is 1. The molecular formula is C28H26IN3O5. The molecule has 0 aliphatic carbocycles. The molecular weight excluding hydrogens is 585 g/mol. The van der Waals surface area contributed by atoms with E-state index < -0.39 is 5.91 Å². The maximum Gasteiger partial charge on any atom is 0.266 e. The zero-order chi connectivity index (χ0) is 26.8. The Labute approximate surface area is 229 Å². The molecule has 9 heteroatoms. The van der Waals surface area contributed by atoms with Gasteiger partial charge in [0, 0.05) is 11.4 Å². The Kier molecular flexibility index (Phi) is 9.92. The molecule has 190 valence electrons. The van der Waals surface area contributed by atoms with Gasteiger partial charge in [-0.2, -0.15) is 5.26 Å². The largest absolute Gasteiger partial charge is 0.494 e. The summed E-state index contributed by atoms with van der Waals surface area (Å²) < 4.78 is 17.2. The average Bonchev–Trinajstić information content (AvgIpc) is 2.88. The van der Waals surface area contributed by atoms with Crippen LogP contribution in [0.2, 0.25) is 0 Å². The predicted octanol–water partition coefficient (Wildman–Crippen LogP) is 5.57. The van der Waals surface area contributed by atoms with Crippen LogP contribution in [0.1, 0.15) is 18.1 Å². The molecule has 0 radical (unpaired) electrons. The van der Waals surface area contributed by atoms with Gasteiger partial charge in [0.15, 0.2) is 18.1 Å². The second-order valence-electron chi connectivity index (χ2n) is 7.82. The molecule has 0 fully saturated rings. The molecule has 3 rings (SSSR count). The van der Waals surface area contributed by atoms with Crippen molar-refractivity contribution in [3.05, 3.63) is 80.9 Å². The molecule has 2 amide bonds. The summed E-state index contributed by atoms with van der Waals surface area (Å²) in [7, 11) is 1.47. The number of anilines is 2. The minimum atomic E-state index is -0.547. The second-order valence-corrected chi connectivity index (χ2v) is 8.98. The predicted molar refractivity (Wildman–Crippen MR) is 151 cm³/mol. The number of hydrogen-bond donors (Lipinski definition) is 2. The van der Waals surface area contributed by atoms with E-state index in [1.165, 1.54) is 13.2 Å². The van der Waals surface area contributed by atoms with Crippen molar-refractivity contribution in [1.82, 2.24) is 0 Å². The maximum atomic E-state index is 12.7. The molecule has 0 unspecified atom stereocenters. The molecule has 8 nitrogen and oxygen atoms in total. The van der Waals surface area contributed by atoms with Crippen LogP contribution in [0.3, 0.4) is 0 Å². The van der Waals surface area contributed by atoms with Gasteiger partial charge in [-0.3, -0.25) is 9.59 Å². The third-order valence-electron chi connectivity index (χ3n) is 5.03. The minimum Gasteiger partial charge on any atom is -0.494 e. The van der Waals surface area contributed by atoms with Crippen LogP contribution in [0.15, 0.2) is 66.2 Å². The lowest BCUT2D eigenvalue weighted by Gasteiger charge is -2.14. The quantitative estimate of drug-likeness (QED) is 0.176. The SMILES string of the molecule is CCOc1ccc(NC(=O)/C(C#N)=C/c2cc(I)c(OCC(=O)Nc3ccc(C)cc3)c(OC)c2)cc1. The van der Waals surface area contributed by atoms with Crippen molar-refractivity contribution in [1.29, 1.82) is 5.26 Å². The Hall–Kier alpha value is -4.04. The zero-order valence-corrected chi connectivity index (χ0v) is 22.8. The number of rotatable bonds is 10. The number of nitrogens with zero attached hydrogens (tertiary/aromatic N) is 1. The molecule has 0 saturated carbocycles. The van der Waals surface area contributed by atoms with Crippen molar-refractivity contribution in [3.8, 4) is 23.3 Å². The molecule has 37 heavy (non-hydrogen) atoms. The molecule has 3 aromatic carbocycles. The first-order valence-corrected chi connectivity index (χ1v) is 12.4. The molecule has 2 N–H and O–H groups in total. The molecule has 0 spiro atoms. The number of carbonyl (C=O) groups is 2. The third kappa shape index (κ3) is 7.98. The van der Waals surface area contributed by atoms with E-state index in [0.29, 0.717) is 44.4 Å². The van der Waals surface area contributed by atoms with Crippen molar-refractivity contribution in [2.75, 3.05) is 31.0 Å². The van der Waals surface area contributed by atoms with Gasteiger partial charge in [-0.05, 0) is 96.6 Å². The fraction of sp³-hybridized carbons (Fsp3) is 0.179. The number of methoxy groups -OCH3 is 1. The van der Waals surface area contributed by atoms with Crippen molar-refractivity contribution in [3.63, 3.8) is 0 Å². The van der Waals surface area contributed by atoms with Crippen LogP contribution >= 0.6 is 22.6 Å². The van der Waals surface area contributed by atoms with E-state index in [2.05, 4.69) is 33.2 Å². The summed E-state index contributed by atoms with van der Waals surface area (Å²) >= 11 is 2.05. The Morgan fingerprint density at radius 2 is 1.65 bits per heavy atom. The van der Waals surface area contributed by atoms with Crippen molar-refractivity contribution in [2.45, 2.75) is 13.8 Å². The molecule has 0 atom stereocenters. The first kappa shape index (κ1) is 27.5. The smallest absolute Gasteiger partial charge is 0.266 e. The zero-order valence-electron chi connectivity index (χ0n) is 20.6. The molecule has 3 aromatic rings. The normalized spacial score (nSPS) is 10.7. The molecule has 0 aromatic heterocycles. The van der Waals surface area contributed by atoms with Crippen LogP contribution in [0.25, 0.3) is 6.08 Å². The summed E-state index contributed by atoms with van der Waals surface area (Å²) in [5.74, 6) is 0.576. The van der Waals surface area contributed by atoms with Gasteiger partial charge in [0.25, 0.3) is 11.8 Å². The highest BCUT2D eigenvalue weighted by atomic mass is 127. The monoisotopic (exact) mass is 611 g/mol. The van der Waals surface area contributed by atoms with Gasteiger partial charge in [0.2, 0.25) is 0 Å². The van der Waals surface area contributed by atoms with Crippen LogP contribution in [0, 0.1) is 21.8 Å². The lowest BCUT2D eigenvalue weighted by atomic mass is 10.1. The standard InChI is InChI=1S/C28H26IN3O5/c1-4-36-23-11-9-22(10-12-23)32-28(34)20(16-30)13-19-14-24(29)27(25(15-19)35-3)37-17-26(33)31-21-7-5-18(2)6-8-21/h5-15H,4,17H2,1-3H3,(H,31,33)(H,32,34)/b20-13+. The van der Waals surface area contributed by atoms with Gasteiger partial charge in [-0.1, -0.05) is 17.7 Å². The van der Waals surface area contributed by atoms with Crippen LogP contribution < -0.4 is 24.8 Å². The average molecular weight is 611 g/mol. The van der Waals surface area contributed by atoms with E-state index in [9.17, 15) is 14.9 Å². The fourth-order valence-electron chi connectivity index (χ4n) is 3.25. The van der Waals surface area contributed by atoms with Gasteiger partial charge in [0.1, 0.15) is 17.4 Å². The molecule has 0 bridgehead atoms. The van der Waals surface area contributed by atoms with Crippen LogP contribution in [0.4, 0.5) is 11.4 Å². The highest BCUT2D eigenvalue weighted by Crippen LogP contribution is 2.34. The molecule has 0 saturated heterocycles. The number of benzene rings is 3. The number of halogens is 1. The van der Waals surface area contributed by atoms with Crippen LogP contribution in [-0.2, 0) is 9.59 Å². The second kappa shape index (κ2) is 13.3. The number of nitriles is 1. The first-order chi connectivity index (χ1) is 17.8. The Morgan fingerprint density at radius 3 is 2.27 bits per heavy atom. The van der Waals surface area contributed by atoms with E-state index in [-0.39, 0.29) is 18.1 Å². The Balaban J connectivity index is 1.70. The highest BCUT2D eigenvalue weighted by molar-refractivity contribution is 14.1. The molecule has 0 heterocycles. The highest BCUT2D eigenvalue weighted by Gasteiger charge is 2.15. The number of amides is 2. The van der Waals surface area contributed by atoms with Gasteiger partial charge in [0.05, 0.1) is 17.3 Å². The number of carbonyl (C=O) groups excluding carboxylic acids is 2. The Bertz CT molecular complexity index is 1330. The summed E-state index contributed by atoms with van der Waals surface area (Å²) in [6.45, 7) is 4.18. The van der Waals surface area contributed by atoms with E-state index in [4.69, 9.17) is 14.2 Å². The third-order valence-corrected chi connectivity index (χ3v) is 5.84. The summed E-state index contributed by atoms with van der Waals surface area (Å²) in [6.07, 6.45) is 1.46.